The van der Waals surface area contributed by atoms with Crippen molar-refractivity contribution in [3.8, 4) is 6.07 Å². The van der Waals surface area contributed by atoms with E-state index >= 15 is 0 Å². The molecular formula is C18H16N2O. The van der Waals surface area contributed by atoms with Crippen LogP contribution in [0.5, 0.6) is 0 Å². The molecule has 0 saturated heterocycles. The molecule has 0 heterocycles. The van der Waals surface area contributed by atoms with Crippen LogP contribution in [0.15, 0.2) is 54.1 Å². The molecule has 1 N–H and O–H groups in total. The maximum atomic E-state index is 12.2. The number of carbonyl (C=O) groups is 1. The summed E-state index contributed by atoms with van der Waals surface area (Å²) in [7, 11) is 0. The lowest BCUT2D eigenvalue weighted by Crippen LogP contribution is -2.14. The number of carbonyl (C=O) groups excluding carboxylic acids is 1. The van der Waals surface area contributed by atoms with E-state index in [4.69, 9.17) is 0 Å². The predicted molar refractivity (Wildman–Crippen MR) is 84.6 cm³/mol. The molecule has 0 fully saturated rings. The van der Waals surface area contributed by atoms with E-state index < -0.39 is 5.91 Å². The highest BCUT2D eigenvalue weighted by atomic mass is 16.1. The average Bonchev–Trinajstić information content (AvgIpc) is 2.50. The van der Waals surface area contributed by atoms with Crippen molar-refractivity contribution in [2.75, 3.05) is 5.32 Å². The molecule has 0 saturated carbocycles. The summed E-state index contributed by atoms with van der Waals surface area (Å²) in [6.45, 7) is 3.92. The summed E-state index contributed by atoms with van der Waals surface area (Å²) >= 11 is 0. The average molecular weight is 276 g/mol. The first kappa shape index (κ1) is 14.5. The van der Waals surface area contributed by atoms with Crippen LogP contribution in [0.25, 0.3) is 6.08 Å². The Bertz CT molecular complexity index is 725. The molecular weight excluding hydrogens is 260 g/mol. The minimum Gasteiger partial charge on any atom is -0.321 e. The molecule has 0 aliphatic heterocycles. The van der Waals surface area contributed by atoms with Gasteiger partial charge in [0, 0.05) is 5.69 Å². The maximum absolute atomic E-state index is 12.2. The predicted octanol–water partition coefficient (Wildman–Crippen LogP) is 3.85. The summed E-state index contributed by atoms with van der Waals surface area (Å²) < 4.78 is 0. The van der Waals surface area contributed by atoms with E-state index in [9.17, 15) is 10.1 Å². The van der Waals surface area contributed by atoms with Gasteiger partial charge in [0.1, 0.15) is 11.6 Å². The second kappa shape index (κ2) is 6.53. The van der Waals surface area contributed by atoms with E-state index in [1.54, 1.807) is 6.08 Å². The molecule has 0 spiro atoms. The molecule has 21 heavy (non-hydrogen) atoms. The summed E-state index contributed by atoms with van der Waals surface area (Å²) in [5, 5.41) is 12.0. The van der Waals surface area contributed by atoms with Crippen LogP contribution in [0.3, 0.4) is 0 Å². The molecule has 3 heteroatoms. The zero-order valence-electron chi connectivity index (χ0n) is 12.1. The van der Waals surface area contributed by atoms with Crippen LogP contribution in [0.1, 0.15) is 16.7 Å². The monoisotopic (exact) mass is 276 g/mol. The highest BCUT2D eigenvalue weighted by Gasteiger charge is 2.11. The molecule has 0 aliphatic carbocycles. The summed E-state index contributed by atoms with van der Waals surface area (Å²) in [5.41, 5.74) is 3.74. The summed E-state index contributed by atoms with van der Waals surface area (Å²) in [4.78, 5) is 12.2. The number of aryl methyl sites for hydroxylation is 1. The van der Waals surface area contributed by atoms with Gasteiger partial charge in [0.05, 0.1) is 0 Å². The Morgan fingerprint density at radius 1 is 1.10 bits per heavy atom. The normalized spacial score (nSPS) is 10.8. The van der Waals surface area contributed by atoms with Gasteiger partial charge in [-0.25, -0.2) is 0 Å². The third kappa shape index (κ3) is 3.58. The van der Waals surface area contributed by atoms with Crippen LogP contribution in [-0.4, -0.2) is 5.91 Å². The molecule has 0 aliphatic rings. The van der Waals surface area contributed by atoms with Crippen molar-refractivity contribution in [3.63, 3.8) is 0 Å². The zero-order chi connectivity index (χ0) is 15.2. The Morgan fingerprint density at radius 3 is 2.48 bits per heavy atom. The van der Waals surface area contributed by atoms with E-state index in [0.29, 0.717) is 0 Å². The van der Waals surface area contributed by atoms with E-state index in [-0.39, 0.29) is 5.57 Å². The van der Waals surface area contributed by atoms with Crippen molar-refractivity contribution < 1.29 is 4.79 Å². The van der Waals surface area contributed by atoms with E-state index in [1.165, 1.54) is 0 Å². The third-order valence-electron chi connectivity index (χ3n) is 3.33. The fraction of sp³-hybridized carbons (Fsp3) is 0.111. The van der Waals surface area contributed by atoms with Gasteiger partial charge in [-0.1, -0.05) is 42.5 Å². The first-order valence-corrected chi connectivity index (χ1v) is 6.66. The summed E-state index contributed by atoms with van der Waals surface area (Å²) in [5.74, 6) is -0.393. The lowest BCUT2D eigenvalue weighted by Gasteiger charge is -2.09. The molecule has 3 nitrogen and oxygen atoms in total. The van der Waals surface area contributed by atoms with Crippen LogP contribution < -0.4 is 5.32 Å². The van der Waals surface area contributed by atoms with Crippen LogP contribution in [0.2, 0.25) is 0 Å². The van der Waals surface area contributed by atoms with E-state index in [0.717, 1.165) is 22.4 Å². The van der Waals surface area contributed by atoms with Gasteiger partial charge >= 0.3 is 0 Å². The Labute approximate surface area is 124 Å². The number of amides is 1. The number of nitrogens with zero attached hydrogens (tertiary/aromatic N) is 1. The fourth-order valence-corrected chi connectivity index (χ4v) is 1.94. The second-order valence-corrected chi connectivity index (χ2v) is 4.78. The first-order chi connectivity index (χ1) is 10.1. The number of anilines is 1. The van der Waals surface area contributed by atoms with Gasteiger partial charge in [-0.3, -0.25) is 4.79 Å². The highest BCUT2D eigenvalue weighted by molar-refractivity contribution is 6.10. The van der Waals surface area contributed by atoms with Gasteiger partial charge < -0.3 is 5.32 Å². The van der Waals surface area contributed by atoms with Crippen molar-refractivity contribution >= 4 is 17.7 Å². The molecule has 0 aromatic heterocycles. The number of hydrogen-bond donors (Lipinski definition) is 1. The van der Waals surface area contributed by atoms with Crippen molar-refractivity contribution in [2.24, 2.45) is 0 Å². The second-order valence-electron chi connectivity index (χ2n) is 4.78. The Morgan fingerprint density at radius 2 is 1.81 bits per heavy atom. The van der Waals surface area contributed by atoms with Gasteiger partial charge in [-0.15, -0.1) is 0 Å². The molecule has 0 unspecified atom stereocenters. The summed E-state index contributed by atoms with van der Waals surface area (Å²) in [6, 6.07) is 17.0. The molecule has 0 radical (unpaired) electrons. The first-order valence-electron chi connectivity index (χ1n) is 6.66. The standard InChI is InChI=1S/C18H16N2O/c1-13-7-6-10-17(14(13)2)20-18(21)16(12-19)11-15-8-4-3-5-9-15/h3-11H,1-2H3,(H,20,21). The van der Waals surface area contributed by atoms with Crippen LogP contribution in [0, 0.1) is 25.2 Å². The van der Waals surface area contributed by atoms with Crippen LogP contribution >= 0.6 is 0 Å². The van der Waals surface area contributed by atoms with E-state index in [1.807, 2.05) is 68.4 Å². The molecule has 2 aromatic carbocycles. The Hall–Kier alpha value is -2.86. The van der Waals surface area contributed by atoms with Crippen LogP contribution in [-0.2, 0) is 4.79 Å². The molecule has 104 valence electrons. The van der Waals surface area contributed by atoms with Crippen LogP contribution in [0.4, 0.5) is 5.69 Å². The van der Waals surface area contributed by atoms with E-state index in [2.05, 4.69) is 5.32 Å². The Kier molecular flexibility index (Phi) is 4.53. The van der Waals surface area contributed by atoms with Crippen molar-refractivity contribution in [3.05, 3.63) is 70.8 Å². The summed E-state index contributed by atoms with van der Waals surface area (Å²) in [6.07, 6.45) is 1.58. The van der Waals surface area contributed by atoms with Crippen molar-refractivity contribution in [1.29, 1.82) is 5.26 Å². The third-order valence-corrected chi connectivity index (χ3v) is 3.33. The Balaban J connectivity index is 2.24. The molecule has 0 atom stereocenters. The highest BCUT2D eigenvalue weighted by Crippen LogP contribution is 2.19. The number of nitrogens with one attached hydrogen (secondary N) is 1. The van der Waals surface area contributed by atoms with Gasteiger partial charge in [-0.2, -0.15) is 5.26 Å². The topological polar surface area (TPSA) is 52.9 Å². The SMILES string of the molecule is Cc1cccc(NC(=O)C(C#N)=Cc2ccccc2)c1C. The van der Waals surface area contributed by atoms with Gasteiger partial charge in [0.25, 0.3) is 5.91 Å². The largest absolute Gasteiger partial charge is 0.321 e. The quantitative estimate of drug-likeness (QED) is 0.684. The lowest BCUT2D eigenvalue weighted by atomic mass is 10.1. The number of nitriles is 1. The minimum atomic E-state index is -0.393. The minimum absolute atomic E-state index is 0.0853. The van der Waals surface area contributed by atoms with Gasteiger partial charge in [-0.05, 0) is 42.7 Å². The van der Waals surface area contributed by atoms with Gasteiger partial charge in [0.15, 0.2) is 0 Å². The number of rotatable bonds is 3. The van der Waals surface area contributed by atoms with Crippen molar-refractivity contribution in [1.82, 2.24) is 0 Å². The molecule has 0 bridgehead atoms. The smallest absolute Gasteiger partial charge is 0.266 e. The molecule has 2 rings (SSSR count). The zero-order valence-corrected chi connectivity index (χ0v) is 12.1. The maximum Gasteiger partial charge on any atom is 0.266 e. The number of benzene rings is 2. The van der Waals surface area contributed by atoms with Crippen molar-refractivity contribution in [2.45, 2.75) is 13.8 Å². The number of hydrogen-bond acceptors (Lipinski definition) is 2. The lowest BCUT2D eigenvalue weighted by molar-refractivity contribution is -0.112. The van der Waals surface area contributed by atoms with Gasteiger partial charge in [0.2, 0.25) is 0 Å². The molecule has 2 aromatic rings. The fourth-order valence-electron chi connectivity index (χ4n) is 1.94. The molecule has 1 amide bonds.